The largest absolute Gasteiger partial charge is 0.244 e. The molecule has 2 saturated carbocycles. The second-order valence-electron chi connectivity index (χ2n) is 9.91. The highest BCUT2D eigenvalue weighted by Gasteiger charge is 2.30. The summed E-state index contributed by atoms with van der Waals surface area (Å²) >= 11 is 0. The van der Waals surface area contributed by atoms with Gasteiger partial charge >= 0.3 is 0 Å². The van der Waals surface area contributed by atoms with Gasteiger partial charge in [0.25, 0.3) is 0 Å². The first-order chi connectivity index (χ1) is 13.1. The predicted octanol–water partition coefficient (Wildman–Crippen LogP) is 9.85. The minimum absolute atomic E-state index is 0.582. The molecular formula is C27H51F. The molecule has 2 aliphatic carbocycles. The lowest BCUT2D eigenvalue weighted by Gasteiger charge is -2.31. The zero-order valence-electron chi connectivity index (χ0n) is 20.2. The molecule has 0 aliphatic heterocycles. The SMILES string of the molecule is C=C(C)C1CCC(C)(F)CC1.C=C(C)CCC.CCCCC1CCCCC1C. The molecule has 166 valence electrons. The number of unbranched alkanes of at least 4 members (excludes halogenated alkanes) is 1. The molecular weight excluding hydrogens is 343 g/mol. The third kappa shape index (κ3) is 13.6. The third-order valence-corrected chi connectivity index (χ3v) is 6.62. The van der Waals surface area contributed by atoms with E-state index in [4.69, 9.17) is 0 Å². The van der Waals surface area contributed by atoms with Gasteiger partial charge in [-0.1, -0.05) is 89.9 Å². The van der Waals surface area contributed by atoms with Crippen molar-refractivity contribution in [3.8, 4) is 0 Å². The predicted molar refractivity (Wildman–Crippen MR) is 127 cm³/mol. The number of rotatable bonds is 6. The van der Waals surface area contributed by atoms with Crippen molar-refractivity contribution < 1.29 is 4.39 Å². The van der Waals surface area contributed by atoms with Crippen LogP contribution in [0.25, 0.3) is 0 Å². The lowest BCUT2D eigenvalue weighted by molar-refractivity contribution is 0.112. The molecule has 2 aliphatic rings. The maximum atomic E-state index is 13.3. The standard InChI is InChI=1S/C11H22.C10H17F.C6H12/c1-3-4-8-11-9-6-5-7-10(11)2;1-8(2)9-4-6-10(3,11)7-5-9;1-4-5-6(2)3/h10-11H,3-9H2,1-2H3;9H,1,4-7H2,2-3H3;2,4-5H2,1,3H3. The van der Waals surface area contributed by atoms with Crippen LogP contribution in [0.15, 0.2) is 24.3 Å². The first-order valence-corrected chi connectivity index (χ1v) is 12.1. The van der Waals surface area contributed by atoms with E-state index in [0.717, 1.165) is 24.7 Å². The second-order valence-corrected chi connectivity index (χ2v) is 9.91. The van der Waals surface area contributed by atoms with Gasteiger partial charge in [-0.25, -0.2) is 4.39 Å². The fourth-order valence-electron chi connectivity index (χ4n) is 4.43. The number of alkyl halides is 1. The lowest BCUT2D eigenvalue weighted by Crippen LogP contribution is -2.26. The highest BCUT2D eigenvalue weighted by atomic mass is 19.1. The van der Waals surface area contributed by atoms with Crippen LogP contribution in [0.4, 0.5) is 4.39 Å². The van der Waals surface area contributed by atoms with Crippen molar-refractivity contribution in [2.75, 3.05) is 0 Å². The van der Waals surface area contributed by atoms with Crippen LogP contribution in [0.5, 0.6) is 0 Å². The first-order valence-electron chi connectivity index (χ1n) is 12.1. The molecule has 0 nitrogen and oxygen atoms in total. The van der Waals surface area contributed by atoms with Crippen LogP contribution in [0, 0.1) is 17.8 Å². The molecule has 2 atom stereocenters. The minimum atomic E-state index is -0.897. The first kappa shape index (κ1) is 27.4. The Labute approximate surface area is 177 Å². The summed E-state index contributed by atoms with van der Waals surface area (Å²) in [5.41, 5.74) is 1.62. The molecule has 0 aromatic rings. The molecule has 2 unspecified atom stereocenters. The van der Waals surface area contributed by atoms with Crippen LogP contribution in [0.3, 0.4) is 0 Å². The zero-order valence-corrected chi connectivity index (χ0v) is 20.2. The van der Waals surface area contributed by atoms with Gasteiger partial charge in [-0.2, -0.15) is 0 Å². The summed E-state index contributed by atoms with van der Waals surface area (Å²) < 4.78 is 13.3. The summed E-state index contributed by atoms with van der Waals surface area (Å²) in [6, 6.07) is 0. The van der Waals surface area contributed by atoms with Gasteiger partial charge in [-0.3, -0.25) is 0 Å². The van der Waals surface area contributed by atoms with Crippen LogP contribution >= 0.6 is 0 Å². The summed E-state index contributed by atoms with van der Waals surface area (Å²) in [5, 5.41) is 0. The van der Waals surface area contributed by atoms with Gasteiger partial charge in [0.05, 0.1) is 0 Å². The van der Waals surface area contributed by atoms with E-state index in [-0.39, 0.29) is 0 Å². The van der Waals surface area contributed by atoms with Gasteiger partial charge in [0.1, 0.15) is 5.67 Å². The van der Waals surface area contributed by atoms with Gasteiger partial charge in [0, 0.05) is 0 Å². The van der Waals surface area contributed by atoms with Crippen molar-refractivity contribution in [2.24, 2.45) is 17.8 Å². The molecule has 0 saturated heterocycles. The van der Waals surface area contributed by atoms with Crippen molar-refractivity contribution in [1.82, 2.24) is 0 Å². The number of halogens is 1. The van der Waals surface area contributed by atoms with E-state index < -0.39 is 5.67 Å². The molecule has 0 N–H and O–H groups in total. The quantitative estimate of drug-likeness (QED) is 0.393. The molecule has 0 heterocycles. The summed E-state index contributed by atoms with van der Waals surface area (Å²) in [5.74, 6) is 2.68. The minimum Gasteiger partial charge on any atom is -0.244 e. The van der Waals surface area contributed by atoms with Crippen LogP contribution in [0.1, 0.15) is 125 Å². The van der Waals surface area contributed by atoms with E-state index in [9.17, 15) is 4.39 Å². The van der Waals surface area contributed by atoms with Crippen molar-refractivity contribution in [2.45, 2.75) is 131 Å². The van der Waals surface area contributed by atoms with E-state index in [1.807, 2.05) is 6.92 Å². The summed E-state index contributed by atoms with van der Waals surface area (Å²) in [4.78, 5) is 0. The highest BCUT2D eigenvalue weighted by molar-refractivity contribution is 4.99. The molecule has 0 aromatic carbocycles. The number of hydrogen-bond acceptors (Lipinski definition) is 0. The van der Waals surface area contributed by atoms with Gasteiger partial charge in [0.2, 0.25) is 0 Å². The van der Waals surface area contributed by atoms with E-state index in [1.165, 1.54) is 68.9 Å². The van der Waals surface area contributed by atoms with Crippen LogP contribution in [-0.2, 0) is 0 Å². The Morgan fingerprint density at radius 2 is 1.54 bits per heavy atom. The molecule has 2 fully saturated rings. The average Bonchev–Trinajstić information content (AvgIpc) is 2.62. The van der Waals surface area contributed by atoms with Gasteiger partial charge in [-0.15, -0.1) is 6.58 Å². The Morgan fingerprint density at radius 3 is 1.93 bits per heavy atom. The summed E-state index contributed by atoms with van der Waals surface area (Å²) in [6.07, 6.45) is 16.1. The molecule has 0 bridgehead atoms. The van der Waals surface area contributed by atoms with E-state index in [0.29, 0.717) is 18.8 Å². The molecule has 0 amide bonds. The summed E-state index contributed by atoms with van der Waals surface area (Å²) in [6.45, 7) is 20.4. The fraction of sp³-hybridized carbons (Fsp3) is 0.852. The molecule has 0 aromatic heterocycles. The molecule has 0 spiro atoms. The number of allylic oxidation sites excluding steroid dienone is 2. The van der Waals surface area contributed by atoms with Crippen LogP contribution in [-0.4, -0.2) is 5.67 Å². The second kappa shape index (κ2) is 15.3. The van der Waals surface area contributed by atoms with Gasteiger partial charge < -0.3 is 0 Å². The Bertz CT molecular complexity index is 410. The van der Waals surface area contributed by atoms with E-state index >= 15 is 0 Å². The Morgan fingerprint density at radius 1 is 0.964 bits per heavy atom. The Hall–Kier alpha value is -0.590. The van der Waals surface area contributed by atoms with Gasteiger partial charge in [0.15, 0.2) is 0 Å². The number of hydrogen-bond donors (Lipinski definition) is 0. The Kier molecular flexibility index (Phi) is 15.0. The maximum Gasteiger partial charge on any atom is 0.108 e. The monoisotopic (exact) mass is 394 g/mol. The zero-order chi connectivity index (χ0) is 21.6. The third-order valence-electron chi connectivity index (χ3n) is 6.62. The normalized spacial score (nSPS) is 29.6. The molecule has 2 rings (SSSR count). The maximum absolute atomic E-state index is 13.3. The molecule has 28 heavy (non-hydrogen) atoms. The Balaban J connectivity index is 0.000000411. The molecule has 1 heteroatoms. The van der Waals surface area contributed by atoms with Crippen molar-refractivity contribution in [1.29, 1.82) is 0 Å². The molecule has 0 radical (unpaired) electrons. The fourth-order valence-corrected chi connectivity index (χ4v) is 4.43. The van der Waals surface area contributed by atoms with Crippen molar-refractivity contribution >= 4 is 0 Å². The lowest BCUT2D eigenvalue weighted by atomic mass is 9.78. The van der Waals surface area contributed by atoms with E-state index in [2.05, 4.69) is 40.9 Å². The smallest absolute Gasteiger partial charge is 0.108 e. The van der Waals surface area contributed by atoms with Crippen LogP contribution < -0.4 is 0 Å². The van der Waals surface area contributed by atoms with Crippen LogP contribution in [0.2, 0.25) is 0 Å². The summed E-state index contributed by atoms with van der Waals surface area (Å²) in [7, 11) is 0. The topological polar surface area (TPSA) is 0 Å². The van der Waals surface area contributed by atoms with Crippen molar-refractivity contribution in [3.63, 3.8) is 0 Å². The van der Waals surface area contributed by atoms with Crippen molar-refractivity contribution in [3.05, 3.63) is 24.3 Å². The van der Waals surface area contributed by atoms with Gasteiger partial charge in [-0.05, 0) is 70.6 Å². The average molecular weight is 395 g/mol. The highest BCUT2D eigenvalue weighted by Crippen LogP contribution is 2.37. The van der Waals surface area contributed by atoms with E-state index in [1.54, 1.807) is 6.92 Å².